The zero-order chi connectivity index (χ0) is 29.7. The number of halogens is 1. The van der Waals surface area contributed by atoms with Gasteiger partial charge in [-0.25, -0.2) is 9.18 Å². The molecular weight excluding hydrogens is 539 g/mol. The predicted octanol–water partition coefficient (Wildman–Crippen LogP) is 4.35. The predicted molar refractivity (Wildman–Crippen MR) is 161 cm³/mol. The first-order valence-corrected chi connectivity index (χ1v) is 14.9. The standard InChI is InChI=1S/C32H43FN4O5/c1-2-4-24(6-9-26-10-11-27(19-30(26)33)37-22-29(20-34)42-32(37)39)5-3-14-35-31(38)23-41-28-12-7-25(8-13-28)21-36-15-17-40-18-16-36/h6-13,19,24,29H,2-5,14-18,20-23,34H2,1H3,(H,35,38)/b9-6+/t24?,29-/m0/s1. The number of carbonyl (C=O) groups is 2. The topological polar surface area (TPSA) is 106 Å². The highest BCUT2D eigenvalue weighted by Gasteiger charge is 2.31. The van der Waals surface area contributed by atoms with E-state index >= 15 is 0 Å². The summed E-state index contributed by atoms with van der Waals surface area (Å²) in [6, 6.07) is 12.6. The fraction of sp³-hybridized carbons (Fsp3) is 0.500. The number of amides is 2. The second-order valence-electron chi connectivity index (χ2n) is 10.8. The molecule has 10 heteroatoms. The van der Waals surface area contributed by atoms with Crippen molar-refractivity contribution in [2.75, 3.05) is 57.4 Å². The van der Waals surface area contributed by atoms with E-state index in [-0.39, 0.29) is 31.1 Å². The zero-order valence-electron chi connectivity index (χ0n) is 24.4. The Hall–Kier alpha value is -3.47. The van der Waals surface area contributed by atoms with Crippen molar-refractivity contribution in [2.45, 2.75) is 45.3 Å². The molecule has 228 valence electrons. The molecule has 2 amide bonds. The zero-order valence-corrected chi connectivity index (χ0v) is 24.4. The summed E-state index contributed by atoms with van der Waals surface area (Å²) >= 11 is 0. The number of morpholine rings is 1. The Balaban J connectivity index is 1.16. The average Bonchev–Trinajstić information content (AvgIpc) is 3.39. The van der Waals surface area contributed by atoms with Gasteiger partial charge in [-0.1, -0.05) is 37.6 Å². The number of carbonyl (C=O) groups excluding carboxylic acids is 2. The lowest BCUT2D eigenvalue weighted by molar-refractivity contribution is -0.123. The van der Waals surface area contributed by atoms with E-state index in [0.29, 0.717) is 30.1 Å². The Labute approximate surface area is 247 Å². The minimum Gasteiger partial charge on any atom is -0.484 e. The minimum absolute atomic E-state index is 0.0294. The van der Waals surface area contributed by atoms with Crippen molar-refractivity contribution in [1.82, 2.24) is 10.2 Å². The first kappa shape index (κ1) is 31.5. The highest BCUT2D eigenvalue weighted by atomic mass is 19.1. The highest BCUT2D eigenvalue weighted by molar-refractivity contribution is 5.89. The van der Waals surface area contributed by atoms with E-state index in [1.165, 1.54) is 16.5 Å². The number of hydrogen-bond acceptors (Lipinski definition) is 7. The Kier molecular flexibility index (Phi) is 12.2. The molecule has 0 aliphatic carbocycles. The summed E-state index contributed by atoms with van der Waals surface area (Å²) in [6.07, 6.45) is 6.58. The number of nitrogens with zero attached hydrogens (tertiary/aromatic N) is 2. The van der Waals surface area contributed by atoms with Crippen molar-refractivity contribution in [3.8, 4) is 5.75 Å². The SMILES string of the molecule is CCCC(/C=C/c1ccc(N2C[C@H](CN)OC2=O)cc1F)CCCNC(=O)COc1ccc(CN2CCOCC2)cc1. The summed E-state index contributed by atoms with van der Waals surface area (Å²) in [5.74, 6) is 0.375. The van der Waals surface area contributed by atoms with Gasteiger partial charge in [0.05, 0.1) is 25.4 Å². The summed E-state index contributed by atoms with van der Waals surface area (Å²) < 4.78 is 31.0. The number of hydrogen-bond donors (Lipinski definition) is 2. The van der Waals surface area contributed by atoms with Crippen LogP contribution in [0.4, 0.5) is 14.9 Å². The Morgan fingerprint density at radius 3 is 2.67 bits per heavy atom. The molecule has 0 aromatic heterocycles. The second-order valence-corrected chi connectivity index (χ2v) is 10.8. The number of allylic oxidation sites excluding steroid dienone is 1. The number of nitrogens with one attached hydrogen (secondary N) is 1. The molecule has 4 rings (SSSR count). The smallest absolute Gasteiger partial charge is 0.414 e. The van der Waals surface area contributed by atoms with Gasteiger partial charge >= 0.3 is 6.09 Å². The summed E-state index contributed by atoms with van der Waals surface area (Å²) in [4.78, 5) is 28.1. The van der Waals surface area contributed by atoms with Crippen LogP contribution in [0.1, 0.15) is 43.7 Å². The number of ether oxygens (including phenoxy) is 3. The maximum atomic E-state index is 14.8. The van der Waals surface area contributed by atoms with Gasteiger partial charge < -0.3 is 25.3 Å². The minimum atomic E-state index is -0.511. The Morgan fingerprint density at radius 2 is 1.98 bits per heavy atom. The van der Waals surface area contributed by atoms with E-state index in [2.05, 4.69) is 17.1 Å². The van der Waals surface area contributed by atoms with Gasteiger partial charge in [0, 0.05) is 38.3 Å². The van der Waals surface area contributed by atoms with E-state index < -0.39 is 11.9 Å². The Morgan fingerprint density at radius 1 is 1.19 bits per heavy atom. The van der Waals surface area contributed by atoms with Gasteiger partial charge in [-0.3, -0.25) is 14.6 Å². The molecule has 2 aromatic carbocycles. The van der Waals surface area contributed by atoms with Crippen molar-refractivity contribution in [3.05, 3.63) is 65.5 Å². The van der Waals surface area contributed by atoms with Gasteiger partial charge in [0.2, 0.25) is 0 Å². The van der Waals surface area contributed by atoms with Crippen molar-refractivity contribution in [3.63, 3.8) is 0 Å². The first-order chi connectivity index (χ1) is 20.4. The number of nitrogens with two attached hydrogens (primary N) is 1. The third kappa shape index (κ3) is 9.54. The van der Waals surface area contributed by atoms with E-state index in [4.69, 9.17) is 19.9 Å². The third-order valence-corrected chi connectivity index (χ3v) is 7.52. The maximum Gasteiger partial charge on any atom is 0.414 e. The molecule has 2 saturated heterocycles. The van der Waals surface area contributed by atoms with E-state index in [0.717, 1.165) is 58.5 Å². The van der Waals surface area contributed by atoms with Crippen LogP contribution in [0.25, 0.3) is 6.08 Å². The molecule has 42 heavy (non-hydrogen) atoms. The molecule has 0 spiro atoms. The van der Waals surface area contributed by atoms with Gasteiger partial charge in [-0.2, -0.15) is 0 Å². The summed E-state index contributed by atoms with van der Waals surface area (Å²) in [5.41, 5.74) is 7.71. The normalized spacial score (nSPS) is 18.3. The maximum absolute atomic E-state index is 14.8. The van der Waals surface area contributed by atoms with Gasteiger partial charge in [-0.15, -0.1) is 0 Å². The number of cyclic esters (lactones) is 1. The largest absolute Gasteiger partial charge is 0.484 e. The fourth-order valence-electron chi connectivity index (χ4n) is 5.12. The second kappa shape index (κ2) is 16.2. The summed E-state index contributed by atoms with van der Waals surface area (Å²) in [5, 5.41) is 2.93. The van der Waals surface area contributed by atoms with Crippen LogP contribution in [-0.4, -0.2) is 75.5 Å². The summed E-state index contributed by atoms with van der Waals surface area (Å²) in [6.45, 7) is 7.50. The molecule has 9 nitrogen and oxygen atoms in total. The molecule has 2 aromatic rings. The monoisotopic (exact) mass is 582 g/mol. The highest BCUT2D eigenvalue weighted by Crippen LogP contribution is 2.25. The molecule has 0 radical (unpaired) electrons. The molecule has 2 heterocycles. The third-order valence-electron chi connectivity index (χ3n) is 7.52. The van der Waals surface area contributed by atoms with E-state index in [1.54, 1.807) is 18.2 Å². The van der Waals surface area contributed by atoms with Crippen LogP contribution < -0.4 is 20.7 Å². The van der Waals surface area contributed by atoms with Gasteiger partial charge in [0.15, 0.2) is 6.61 Å². The number of anilines is 1. The molecule has 2 aliphatic heterocycles. The molecule has 2 atom stereocenters. The van der Waals surface area contributed by atoms with Crippen molar-refractivity contribution in [1.29, 1.82) is 0 Å². The van der Waals surface area contributed by atoms with Crippen LogP contribution in [0.2, 0.25) is 0 Å². The lowest BCUT2D eigenvalue weighted by Crippen LogP contribution is -2.35. The summed E-state index contributed by atoms with van der Waals surface area (Å²) in [7, 11) is 0. The molecule has 1 unspecified atom stereocenters. The van der Waals surface area contributed by atoms with Crippen LogP contribution in [0, 0.1) is 11.7 Å². The Bertz CT molecular complexity index is 1190. The number of benzene rings is 2. The van der Waals surface area contributed by atoms with Crippen molar-refractivity contribution < 1.29 is 28.2 Å². The van der Waals surface area contributed by atoms with E-state index in [9.17, 15) is 14.0 Å². The van der Waals surface area contributed by atoms with Crippen molar-refractivity contribution >= 4 is 23.8 Å². The van der Waals surface area contributed by atoms with Crippen molar-refractivity contribution in [2.24, 2.45) is 11.7 Å². The van der Waals surface area contributed by atoms with Gasteiger partial charge in [-0.05, 0) is 61.1 Å². The molecule has 0 bridgehead atoms. The van der Waals surface area contributed by atoms with Crippen LogP contribution in [0.3, 0.4) is 0 Å². The average molecular weight is 583 g/mol. The lowest BCUT2D eigenvalue weighted by atomic mass is 9.96. The number of rotatable bonds is 15. The fourth-order valence-corrected chi connectivity index (χ4v) is 5.12. The lowest BCUT2D eigenvalue weighted by Gasteiger charge is -2.26. The van der Waals surface area contributed by atoms with E-state index in [1.807, 2.05) is 30.3 Å². The van der Waals surface area contributed by atoms with Crippen LogP contribution in [-0.2, 0) is 20.8 Å². The van der Waals surface area contributed by atoms with Crippen LogP contribution in [0.15, 0.2) is 48.5 Å². The van der Waals surface area contributed by atoms with Crippen LogP contribution in [0.5, 0.6) is 5.75 Å². The molecule has 2 aliphatic rings. The molecule has 3 N–H and O–H groups in total. The molecule has 2 fully saturated rings. The van der Waals surface area contributed by atoms with Gasteiger partial charge in [0.25, 0.3) is 5.91 Å². The quantitative estimate of drug-likeness (QED) is 0.301. The van der Waals surface area contributed by atoms with Crippen LogP contribution >= 0.6 is 0 Å². The molecule has 0 saturated carbocycles. The van der Waals surface area contributed by atoms with Gasteiger partial charge in [0.1, 0.15) is 17.7 Å². The molecular formula is C32H43FN4O5. The first-order valence-electron chi connectivity index (χ1n) is 14.9.